The zero-order chi connectivity index (χ0) is 18.1. The van der Waals surface area contributed by atoms with Crippen molar-refractivity contribution in [2.75, 3.05) is 7.11 Å². The second-order valence-electron chi connectivity index (χ2n) is 6.29. The minimum absolute atomic E-state index is 0.283. The van der Waals surface area contributed by atoms with Crippen molar-refractivity contribution in [1.82, 2.24) is 0 Å². The van der Waals surface area contributed by atoms with Crippen molar-refractivity contribution in [3.05, 3.63) is 75.6 Å². The van der Waals surface area contributed by atoms with Gasteiger partial charge in [-0.2, -0.15) is 0 Å². The summed E-state index contributed by atoms with van der Waals surface area (Å²) in [6.07, 6.45) is 1.73. The normalized spacial score (nSPS) is 14.0. The van der Waals surface area contributed by atoms with Crippen LogP contribution in [0.4, 0.5) is 0 Å². The minimum atomic E-state index is -0.889. The average molecular weight is 350 g/mol. The molecule has 0 aliphatic heterocycles. The number of esters is 1. The minimum Gasteiger partial charge on any atom is -0.474 e. The number of ether oxygens (including phenoxy) is 2. The van der Waals surface area contributed by atoms with Gasteiger partial charge in [-0.25, -0.2) is 9.59 Å². The van der Waals surface area contributed by atoms with Gasteiger partial charge < -0.3 is 13.9 Å². The SMILES string of the molecule is COC(=O)[C@@H](Oc1ccc2c3c(c(=O)oc2c1)CCC3)c1ccccc1. The highest BCUT2D eigenvalue weighted by molar-refractivity contribution is 5.83. The molecule has 5 heteroatoms. The number of hydrogen-bond donors (Lipinski definition) is 0. The van der Waals surface area contributed by atoms with E-state index >= 15 is 0 Å². The van der Waals surface area contributed by atoms with Gasteiger partial charge in [0.15, 0.2) is 0 Å². The molecule has 0 N–H and O–H groups in total. The van der Waals surface area contributed by atoms with E-state index in [0.29, 0.717) is 16.9 Å². The summed E-state index contributed by atoms with van der Waals surface area (Å²) in [5.74, 6) is -0.0513. The van der Waals surface area contributed by atoms with E-state index in [0.717, 1.165) is 35.8 Å². The molecule has 0 amide bonds. The van der Waals surface area contributed by atoms with Crippen LogP contribution in [0.15, 0.2) is 57.7 Å². The van der Waals surface area contributed by atoms with Gasteiger partial charge in [0.25, 0.3) is 0 Å². The summed E-state index contributed by atoms with van der Waals surface area (Å²) in [7, 11) is 1.32. The standard InChI is InChI=1S/C21H18O5/c1-24-21(23)19(13-6-3-2-4-7-13)25-14-10-11-16-15-8-5-9-17(15)20(22)26-18(16)12-14/h2-4,6-7,10-12,19H,5,8-9H2,1H3/t19-/m0/s1. The van der Waals surface area contributed by atoms with Gasteiger partial charge in [-0.3, -0.25) is 0 Å². The number of carbonyl (C=O) groups excluding carboxylic acids is 1. The van der Waals surface area contributed by atoms with Crippen LogP contribution in [0.1, 0.15) is 29.2 Å². The molecule has 0 fully saturated rings. The Morgan fingerprint density at radius 1 is 1.08 bits per heavy atom. The third-order valence-corrected chi connectivity index (χ3v) is 4.72. The van der Waals surface area contributed by atoms with E-state index in [1.807, 2.05) is 24.3 Å². The Morgan fingerprint density at radius 3 is 2.62 bits per heavy atom. The zero-order valence-electron chi connectivity index (χ0n) is 14.4. The fourth-order valence-electron chi connectivity index (χ4n) is 3.46. The lowest BCUT2D eigenvalue weighted by molar-refractivity contribution is -0.149. The van der Waals surface area contributed by atoms with Gasteiger partial charge in [0.05, 0.1) is 7.11 Å². The van der Waals surface area contributed by atoms with Gasteiger partial charge in [-0.05, 0) is 37.0 Å². The van der Waals surface area contributed by atoms with Gasteiger partial charge in [0.2, 0.25) is 6.10 Å². The maximum Gasteiger partial charge on any atom is 0.351 e. The number of benzene rings is 2. The fourth-order valence-corrected chi connectivity index (χ4v) is 3.46. The Balaban J connectivity index is 1.73. The largest absolute Gasteiger partial charge is 0.474 e. The van der Waals surface area contributed by atoms with Crippen LogP contribution >= 0.6 is 0 Å². The highest BCUT2D eigenvalue weighted by Crippen LogP contribution is 2.31. The maximum absolute atomic E-state index is 12.2. The summed E-state index contributed by atoms with van der Waals surface area (Å²) >= 11 is 0. The second kappa shape index (κ2) is 6.67. The van der Waals surface area contributed by atoms with Crippen molar-refractivity contribution >= 4 is 16.9 Å². The topological polar surface area (TPSA) is 65.7 Å². The van der Waals surface area contributed by atoms with Gasteiger partial charge in [0, 0.05) is 22.6 Å². The molecule has 0 radical (unpaired) electrons. The molecule has 1 atom stereocenters. The monoisotopic (exact) mass is 350 g/mol. The van der Waals surface area contributed by atoms with Crippen LogP contribution in [-0.4, -0.2) is 13.1 Å². The van der Waals surface area contributed by atoms with Crippen LogP contribution < -0.4 is 10.4 Å². The number of rotatable bonds is 4. The van der Waals surface area contributed by atoms with Crippen LogP contribution in [0, 0.1) is 0 Å². The van der Waals surface area contributed by atoms with E-state index in [4.69, 9.17) is 13.9 Å². The van der Waals surface area contributed by atoms with Crippen LogP contribution in [0.25, 0.3) is 11.0 Å². The molecule has 0 unspecified atom stereocenters. The van der Waals surface area contributed by atoms with E-state index < -0.39 is 12.1 Å². The molecule has 26 heavy (non-hydrogen) atoms. The molecule has 2 aromatic carbocycles. The molecular formula is C21H18O5. The molecule has 0 saturated heterocycles. The summed E-state index contributed by atoms with van der Waals surface area (Å²) in [6.45, 7) is 0. The molecule has 0 saturated carbocycles. The predicted molar refractivity (Wildman–Crippen MR) is 96.3 cm³/mol. The van der Waals surface area contributed by atoms with E-state index in [9.17, 15) is 9.59 Å². The lowest BCUT2D eigenvalue weighted by Crippen LogP contribution is -2.20. The average Bonchev–Trinajstić information content (AvgIpc) is 3.17. The predicted octanol–water partition coefficient (Wildman–Crippen LogP) is 3.57. The second-order valence-corrected chi connectivity index (χ2v) is 6.29. The van der Waals surface area contributed by atoms with Crippen molar-refractivity contribution < 1.29 is 18.7 Å². The molecule has 1 aliphatic rings. The number of carbonyl (C=O) groups is 1. The quantitative estimate of drug-likeness (QED) is 0.531. The lowest BCUT2D eigenvalue weighted by Gasteiger charge is -2.17. The molecule has 0 bridgehead atoms. The Labute approximate surface area is 150 Å². The number of aryl methyl sites for hydroxylation is 1. The molecule has 1 aromatic heterocycles. The summed E-state index contributed by atoms with van der Waals surface area (Å²) < 4.78 is 16.2. The van der Waals surface area contributed by atoms with Gasteiger partial charge in [-0.15, -0.1) is 0 Å². The first kappa shape index (κ1) is 16.4. The third kappa shape index (κ3) is 2.86. The Hall–Kier alpha value is -3.08. The first-order valence-corrected chi connectivity index (χ1v) is 8.55. The first-order valence-electron chi connectivity index (χ1n) is 8.55. The van der Waals surface area contributed by atoms with Gasteiger partial charge in [0.1, 0.15) is 11.3 Å². The maximum atomic E-state index is 12.2. The molecular weight excluding hydrogens is 332 g/mol. The molecule has 4 rings (SSSR count). The van der Waals surface area contributed by atoms with Crippen LogP contribution in [0.3, 0.4) is 0 Å². The molecule has 5 nitrogen and oxygen atoms in total. The molecule has 1 heterocycles. The number of fused-ring (bicyclic) bond motifs is 3. The summed E-state index contributed by atoms with van der Waals surface area (Å²) in [5.41, 5.74) is 2.73. The zero-order valence-corrected chi connectivity index (χ0v) is 14.4. The highest BCUT2D eigenvalue weighted by Gasteiger charge is 2.24. The Morgan fingerprint density at radius 2 is 1.85 bits per heavy atom. The number of hydrogen-bond acceptors (Lipinski definition) is 5. The van der Waals surface area contributed by atoms with E-state index in [1.54, 1.807) is 24.3 Å². The lowest BCUT2D eigenvalue weighted by atomic mass is 10.1. The van der Waals surface area contributed by atoms with Crippen molar-refractivity contribution in [2.45, 2.75) is 25.4 Å². The summed E-state index contributed by atoms with van der Waals surface area (Å²) in [5, 5.41) is 0.929. The van der Waals surface area contributed by atoms with Crippen LogP contribution in [-0.2, 0) is 22.4 Å². The third-order valence-electron chi connectivity index (χ3n) is 4.72. The highest BCUT2D eigenvalue weighted by atomic mass is 16.6. The van der Waals surface area contributed by atoms with Crippen molar-refractivity contribution in [3.8, 4) is 5.75 Å². The first-order chi connectivity index (χ1) is 12.7. The fraction of sp³-hybridized carbons (Fsp3) is 0.238. The van der Waals surface area contributed by atoms with Crippen molar-refractivity contribution in [3.63, 3.8) is 0 Å². The van der Waals surface area contributed by atoms with Crippen LogP contribution in [0.2, 0.25) is 0 Å². The van der Waals surface area contributed by atoms with Crippen molar-refractivity contribution in [1.29, 1.82) is 0 Å². The molecule has 132 valence electrons. The Bertz CT molecular complexity index is 1020. The molecule has 0 spiro atoms. The van der Waals surface area contributed by atoms with Gasteiger partial charge >= 0.3 is 11.6 Å². The summed E-state index contributed by atoms with van der Waals surface area (Å²) in [4.78, 5) is 24.3. The number of methoxy groups -OCH3 is 1. The molecule has 3 aromatic rings. The molecule has 1 aliphatic carbocycles. The van der Waals surface area contributed by atoms with E-state index in [1.165, 1.54) is 7.11 Å². The Kier molecular flexibility index (Phi) is 4.21. The van der Waals surface area contributed by atoms with Gasteiger partial charge in [-0.1, -0.05) is 30.3 Å². The summed E-state index contributed by atoms with van der Waals surface area (Å²) in [6, 6.07) is 14.5. The van der Waals surface area contributed by atoms with Crippen molar-refractivity contribution in [2.24, 2.45) is 0 Å². The smallest absolute Gasteiger partial charge is 0.351 e. The van der Waals surface area contributed by atoms with E-state index in [-0.39, 0.29) is 5.63 Å². The van der Waals surface area contributed by atoms with Crippen LogP contribution in [0.5, 0.6) is 5.75 Å². The van der Waals surface area contributed by atoms with E-state index in [2.05, 4.69) is 0 Å².